The number of aromatic amines is 1. The monoisotopic (exact) mass is 427 g/mol. The fourth-order valence-corrected chi connectivity index (χ4v) is 4.08. The Hall–Kier alpha value is -3.36. The SMILES string of the molecule is OC(c1ccc2c(c1)CNN2c1ccc(F)cc1)(c1c[nH]c2ccccc12)C(F)(F)F. The number of nitrogens with one attached hydrogen (secondary N) is 2. The predicted octanol–water partition coefficient (Wildman–Crippen LogP) is 5.26. The number of rotatable bonds is 3. The summed E-state index contributed by atoms with van der Waals surface area (Å²) in [6, 6.07) is 16.5. The molecule has 0 aliphatic carbocycles. The fraction of sp³-hybridized carbons (Fsp3) is 0.130. The number of halogens is 4. The van der Waals surface area contributed by atoms with Crippen LogP contribution in [-0.2, 0) is 12.1 Å². The van der Waals surface area contributed by atoms with Gasteiger partial charge in [0.15, 0.2) is 0 Å². The van der Waals surface area contributed by atoms with Crippen molar-refractivity contribution in [1.29, 1.82) is 0 Å². The molecule has 1 atom stereocenters. The van der Waals surface area contributed by atoms with E-state index in [0.717, 1.165) is 0 Å². The zero-order valence-electron chi connectivity index (χ0n) is 16.0. The number of anilines is 2. The van der Waals surface area contributed by atoms with Gasteiger partial charge in [-0.1, -0.05) is 24.3 Å². The number of hydrogen-bond acceptors (Lipinski definition) is 3. The average molecular weight is 427 g/mol. The quantitative estimate of drug-likeness (QED) is 0.391. The number of hydrogen-bond donors (Lipinski definition) is 3. The molecule has 1 aliphatic heterocycles. The van der Waals surface area contributed by atoms with Crippen LogP contribution in [0.4, 0.5) is 28.9 Å². The molecule has 3 aromatic carbocycles. The van der Waals surface area contributed by atoms with Gasteiger partial charge in [0.1, 0.15) is 5.82 Å². The summed E-state index contributed by atoms with van der Waals surface area (Å²) >= 11 is 0. The summed E-state index contributed by atoms with van der Waals surface area (Å²) in [4.78, 5) is 2.81. The second-order valence-electron chi connectivity index (χ2n) is 7.45. The summed E-state index contributed by atoms with van der Waals surface area (Å²) in [5.41, 5.74) is 1.75. The van der Waals surface area contributed by atoms with Crippen molar-refractivity contribution in [2.75, 3.05) is 5.01 Å². The highest BCUT2D eigenvalue weighted by Crippen LogP contribution is 2.47. The van der Waals surface area contributed by atoms with Gasteiger partial charge in [0.2, 0.25) is 5.60 Å². The highest BCUT2D eigenvalue weighted by atomic mass is 19.4. The number of benzene rings is 3. The topological polar surface area (TPSA) is 51.3 Å². The first-order chi connectivity index (χ1) is 14.8. The van der Waals surface area contributed by atoms with Gasteiger partial charge in [0, 0.05) is 29.2 Å². The van der Waals surface area contributed by atoms with Crippen LogP contribution in [0.5, 0.6) is 0 Å². The van der Waals surface area contributed by atoms with Crippen LogP contribution in [0.15, 0.2) is 72.9 Å². The van der Waals surface area contributed by atoms with Gasteiger partial charge in [0.25, 0.3) is 0 Å². The van der Waals surface area contributed by atoms with Crippen LogP contribution in [0.2, 0.25) is 0 Å². The van der Waals surface area contributed by atoms with E-state index in [0.29, 0.717) is 27.8 Å². The number of aromatic nitrogens is 1. The van der Waals surface area contributed by atoms with Crippen LogP contribution in [0.25, 0.3) is 10.9 Å². The molecule has 1 aliphatic rings. The third-order valence-electron chi connectivity index (χ3n) is 5.64. The molecule has 158 valence electrons. The molecule has 0 spiro atoms. The first-order valence-corrected chi connectivity index (χ1v) is 9.57. The van der Waals surface area contributed by atoms with Crippen molar-refractivity contribution in [3.8, 4) is 0 Å². The summed E-state index contributed by atoms with van der Waals surface area (Å²) in [6.07, 6.45) is -3.75. The molecule has 8 heteroatoms. The minimum Gasteiger partial charge on any atom is -0.372 e. The van der Waals surface area contributed by atoms with E-state index in [9.17, 15) is 22.7 Å². The summed E-state index contributed by atoms with van der Waals surface area (Å²) in [6.45, 7) is 0.266. The Bertz CT molecular complexity index is 1270. The van der Waals surface area contributed by atoms with E-state index in [2.05, 4.69) is 10.4 Å². The third-order valence-corrected chi connectivity index (χ3v) is 5.64. The number of hydrazine groups is 1. The van der Waals surface area contributed by atoms with Gasteiger partial charge in [-0.2, -0.15) is 13.2 Å². The Balaban J connectivity index is 1.62. The van der Waals surface area contributed by atoms with E-state index in [1.54, 1.807) is 41.4 Å². The average Bonchev–Trinajstić information content (AvgIpc) is 3.37. The number of H-pyrrole nitrogens is 1. The van der Waals surface area contributed by atoms with Crippen LogP contribution in [-0.4, -0.2) is 16.3 Å². The minimum absolute atomic E-state index is 0.253. The predicted molar refractivity (Wildman–Crippen MR) is 109 cm³/mol. The van der Waals surface area contributed by atoms with Crippen molar-refractivity contribution in [3.63, 3.8) is 0 Å². The van der Waals surface area contributed by atoms with Crippen LogP contribution in [0.3, 0.4) is 0 Å². The van der Waals surface area contributed by atoms with Gasteiger partial charge in [-0.3, -0.25) is 5.01 Å². The lowest BCUT2D eigenvalue weighted by atomic mass is 9.84. The van der Waals surface area contributed by atoms with Crippen molar-refractivity contribution < 1.29 is 22.7 Å². The van der Waals surface area contributed by atoms with Crippen LogP contribution in [0, 0.1) is 5.82 Å². The Kier molecular flexibility index (Phi) is 4.32. The molecule has 4 nitrogen and oxygen atoms in total. The fourth-order valence-electron chi connectivity index (χ4n) is 4.08. The van der Waals surface area contributed by atoms with Gasteiger partial charge < -0.3 is 10.1 Å². The lowest BCUT2D eigenvalue weighted by Crippen LogP contribution is -2.43. The van der Waals surface area contributed by atoms with Crippen LogP contribution < -0.4 is 10.4 Å². The largest absolute Gasteiger partial charge is 0.425 e. The number of fused-ring (bicyclic) bond motifs is 2. The molecule has 2 heterocycles. The Labute approximate surface area is 174 Å². The van der Waals surface area contributed by atoms with E-state index in [1.165, 1.54) is 36.5 Å². The molecule has 0 saturated carbocycles. The standard InChI is InChI=1S/C23H17F4N3O/c24-16-6-8-17(9-7-16)30-21-10-5-15(11-14(21)12-29-30)22(31,23(25,26)27)19-13-28-20-4-2-1-3-18(19)20/h1-11,13,28-29,31H,12H2. The number of para-hydroxylation sites is 1. The lowest BCUT2D eigenvalue weighted by Gasteiger charge is -2.31. The molecule has 5 rings (SSSR count). The molecule has 1 unspecified atom stereocenters. The zero-order valence-corrected chi connectivity index (χ0v) is 16.0. The maximum atomic E-state index is 14.3. The molecule has 0 radical (unpaired) electrons. The molecule has 3 N–H and O–H groups in total. The van der Waals surface area contributed by atoms with Crippen LogP contribution >= 0.6 is 0 Å². The first-order valence-electron chi connectivity index (χ1n) is 9.57. The van der Waals surface area contributed by atoms with E-state index in [-0.39, 0.29) is 23.5 Å². The number of nitrogens with zero attached hydrogens (tertiary/aromatic N) is 1. The molecule has 0 amide bonds. The molecule has 0 saturated heterocycles. The van der Waals surface area contributed by atoms with Crippen molar-refractivity contribution in [2.24, 2.45) is 0 Å². The molecule has 0 fully saturated rings. The Morgan fingerprint density at radius 2 is 1.68 bits per heavy atom. The maximum Gasteiger partial charge on any atom is 0.425 e. The smallest absolute Gasteiger partial charge is 0.372 e. The Morgan fingerprint density at radius 3 is 2.42 bits per heavy atom. The molecular weight excluding hydrogens is 410 g/mol. The van der Waals surface area contributed by atoms with Crippen molar-refractivity contribution in [1.82, 2.24) is 10.4 Å². The van der Waals surface area contributed by atoms with Crippen molar-refractivity contribution in [3.05, 3.63) is 95.4 Å². The van der Waals surface area contributed by atoms with Gasteiger partial charge in [-0.05, 0) is 53.6 Å². The third kappa shape index (κ3) is 2.98. The molecular formula is C23H17F4N3O. The maximum absolute atomic E-state index is 14.3. The molecule has 4 aromatic rings. The number of aliphatic hydroxyl groups is 1. The van der Waals surface area contributed by atoms with Crippen LogP contribution in [0.1, 0.15) is 16.7 Å². The highest BCUT2D eigenvalue weighted by molar-refractivity contribution is 5.85. The molecule has 1 aromatic heterocycles. The summed E-state index contributed by atoms with van der Waals surface area (Å²) < 4.78 is 56.1. The summed E-state index contributed by atoms with van der Waals surface area (Å²) in [7, 11) is 0. The second-order valence-corrected chi connectivity index (χ2v) is 7.45. The highest BCUT2D eigenvalue weighted by Gasteiger charge is 2.57. The van der Waals surface area contributed by atoms with E-state index < -0.39 is 11.8 Å². The van der Waals surface area contributed by atoms with Crippen molar-refractivity contribution >= 4 is 22.3 Å². The zero-order chi connectivity index (χ0) is 21.8. The lowest BCUT2D eigenvalue weighted by molar-refractivity contribution is -0.247. The first kappa shape index (κ1) is 19.6. The minimum atomic E-state index is -4.95. The summed E-state index contributed by atoms with van der Waals surface area (Å²) in [5, 5.41) is 13.1. The van der Waals surface area contributed by atoms with Gasteiger partial charge in [-0.15, -0.1) is 0 Å². The number of alkyl halides is 3. The van der Waals surface area contributed by atoms with Gasteiger partial charge in [-0.25, -0.2) is 9.82 Å². The molecule has 31 heavy (non-hydrogen) atoms. The normalized spacial score (nSPS) is 15.8. The second kappa shape index (κ2) is 6.83. The summed E-state index contributed by atoms with van der Waals surface area (Å²) in [5.74, 6) is -0.382. The van der Waals surface area contributed by atoms with E-state index in [4.69, 9.17) is 0 Å². The van der Waals surface area contributed by atoms with Crippen molar-refractivity contribution in [2.45, 2.75) is 18.3 Å². The van der Waals surface area contributed by atoms with Gasteiger partial charge >= 0.3 is 6.18 Å². The van der Waals surface area contributed by atoms with E-state index in [1.807, 2.05) is 0 Å². The van der Waals surface area contributed by atoms with Gasteiger partial charge in [0.05, 0.1) is 11.4 Å². The van der Waals surface area contributed by atoms with E-state index >= 15 is 0 Å². The Morgan fingerprint density at radius 1 is 0.935 bits per heavy atom. The molecule has 0 bridgehead atoms.